The minimum Gasteiger partial charge on any atom is -0.291 e. The number of rotatable bonds is 3. The highest BCUT2D eigenvalue weighted by Gasteiger charge is 2.23. The first-order chi connectivity index (χ1) is 8.22. The van der Waals surface area contributed by atoms with Gasteiger partial charge in [-0.05, 0) is 24.3 Å². The van der Waals surface area contributed by atoms with Gasteiger partial charge in [0.1, 0.15) is 0 Å². The van der Waals surface area contributed by atoms with Crippen LogP contribution in [-0.4, -0.2) is 10.8 Å². The molecule has 0 N–H and O–H groups in total. The molecule has 3 nitrogen and oxygen atoms in total. The lowest BCUT2D eigenvalue weighted by atomic mass is 10.0. The molecular formula is C12H7ClN2OS. The highest BCUT2D eigenvalue weighted by molar-refractivity contribution is 7.18. The van der Waals surface area contributed by atoms with Crippen LogP contribution in [0.3, 0.4) is 0 Å². The molecule has 5 heteroatoms. The molecule has 0 bridgehead atoms. The summed E-state index contributed by atoms with van der Waals surface area (Å²) in [7, 11) is 0. The fraction of sp³-hybridized carbons (Fsp3) is 0.0833. The number of nitrogens with zero attached hydrogens (tertiary/aromatic N) is 2. The molecule has 0 aliphatic carbocycles. The van der Waals surface area contributed by atoms with Gasteiger partial charge in [0.05, 0.1) is 21.0 Å². The number of pyridine rings is 1. The van der Waals surface area contributed by atoms with Crippen LogP contribution in [-0.2, 0) is 0 Å². The van der Waals surface area contributed by atoms with Crippen molar-refractivity contribution < 1.29 is 4.79 Å². The molecule has 0 spiro atoms. The highest BCUT2D eigenvalue weighted by atomic mass is 35.5. The number of hydrogen-bond acceptors (Lipinski definition) is 4. The van der Waals surface area contributed by atoms with Gasteiger partial charge in [-0.25, -0.2) is 0 Å². The maximum absolute atomic E-state index is 12.1. The maximum atomic E-state index is 12.1. The van der Waals surface area contributed by atoms with Crippen molar-refractivity contribution >= 4 is 28.7 Å². The van der Waals surface area contributed by atoms with Crippen molar-refractivity contribution in [2.24, 2.45) is 0 Å². The predicted octanol–water partition coefficient (Wildman–Crippen LogP) is 3.29. The largest absolute Gasteiger partial charge is 0.291 e. The lowest BCUT2D eigenvalue weighted by Crippen LogP contribution is -2.11. The van der Waals surface area contributed by atoms with Crippen molar-refractivity contribution in [2.45, 2.75) is 5.92 Å². The lowest BCUT2D eigenvalue weighted by Gasteiger charge is -2.05. The molecule has 0 aromatic carbocycles. The van der Waals surface area contributed by atoms with E-state index in [0.29, 0.717) is 14.9 Å². The van der Waals surface area contributed by atoms with Crippen molar-refractivity contribution in [1.82, 2.24) is 4.98 Å². The molecule has 2 rings (SSSR count). The molecule has 2 aromatic heterocycles. The molecular weight excluding hydrogens is 256 g/mol. The Morgan fingerprint density at radius 2 is 2.24 bits per heavy atom. The molecule has 0 saturated heterocycles. The van der Waals surface area contributed by atoms with E-state index in [1.54, 1.807) is 36.5 Å². The molecule has 1 unspecified atom stereocenters. The predicted molar refractivity (Wildman–Crippen MR) is 66.3 cm³/mol. The minimum absolute atomic E-state index is 0.261. The monoisotopic (exact) mass is 262 g/mol. The first kappa shape index (κ1) is 11.8. The van der Waals surface area contributed by atoms with Gasteiger partial charge in [0.2, 0.25) is 0 Å². The van der Waals surface area contributed by atoms with Crippen LogP contribution in [0.1, 0.15) is 21.3 Å². The van der Waals surface area contributed by atoms with Gasteiger partial charge in [-0.2, -0.15) is 5.26 Å². The number of carbonyl (C=O) groups excluding carboxylic acids is 1. The Balaban J connectivity index is 2.32. The average Bonchev–Trinajstić information content (AvgIpc) is 2.78. The van der Waals surface area contributed by atoms with E-state index in [1.807, 2.05) is 6.07 Å². The molecule has 84 valence electrons. The van der Waals surface area contributed by atoms with Crippen LogP contribution < -0.4 is 0 Å². The van der Waals surface area contributed by atoms with E-state index in [0.717, 1.165) is 0 Å². The third kappa shape index (κ3) is 2.52. The molecule has 0 aliphatic heterocycles. The van der Waals surface area contributed by atoms with E-state index < -0.39 is 5.92 Å². The van der Waals surface area contributed by atoms with Gasteiger partial charge in [0, 0.05) is 6.20 Å². The SMILES string of the molecule is N#CC(C(=O)c1ccc(Cl)s1)c1ccccn1. The third-order valence-corrected chi connectivity index (χ3v) is 3.44. The Labute approximate surface area is 107 Å². The second kappa shape index (κ2) is 5.09. The lowest BCUT2D eigenvalue weighted by molar-refractivity contribution is 0.0981. The first-order valence-electron chi connectivity index (χ1n) is 4.82. The fourth-order valence-corrected chi connectivity index (χ4v) is 2.41. The number of hydrogen-bond donors (Lipinski definition) is 0. The van der Waals surface area contributed by atoms with Crippen LogP contribution in [0.25, 0.3) is 0 Å². The van der Waals surface area contributed by atoms with Crippen LogP contribution in [0, 0.1) is 11.3 Å². The molecule has 2 aromatic rings. The fourth-order valence-electron chi connectivity index (χ4n) is 1.39. The maximum Gasteiger partial charge on any atom is 0.196 e. The van der Waals surface area contributed by atoms with Crippen molar-refractivity contribution in [3.8, 4) is 6.07 Å². The number of aromatic nitrogens is 1. The molecule has 0 radical (unpaired) electrons. The molecule has 2 heterocycles. The summed E-state index contributed by atoms with van der Waals surface area (Å²) in [5, 5.41) is 9.08. The summed E-state index contributed by atoms with van der Waals surface area (Å²) in [5.41, 5.74) is 0.463. The van der Waals surface area contributed by atoms with Crippen LogP contribution in [0.4, 0.5) is 0 Å². The Bertz CT molecular complexity index is 574. The Morgan fingerprint density at radius 1 is 1.41 bits per heavy atom. The van der Waals surface area contributed by atoms with Gasteiger partial charge < -0.3 is 0 Å². The highest BCUT2D eigenvalue weighted by Crippen LogP contribution is 2.26. The molecule has 0 saturated carbocycles. The Kier molecular flexibility index (Phi) is 3.52. The average molecular weight is 263 g/mol. The van der Waals surface area contributed by atoms with Crippen LogP contribution >= 0.6 is 22.9 Å². The van der Waals surface area contributed by atoms with E-state index in [-0.39, 0.29) is 5.78 Å². The van der Waals surface area contributed by atoms with E-state index in [1.165, 1.54) is 11.3 Å². The first-order valence-corrected chi connectivity index (χ1v) is 6.02. The van der Waals surface area contributed by atoms with Gasteiger partial charge in [-0.15, -0.1) is 11.3 Å². The van der Waals surface area contributed by atoms with Crippen molar-refractivity contribution in [1.29, 1.82) is 5.26 Å². The summed E-state index contributed by atoms with van der Waals surface area (Å²) in [4.78, 5) is 16.6. The van der Waals surface area contributed by atoms with Crippen molar-refractivity contribution in [2.75, 3.05) is 0 Å². The van der Waals surface area contributed by atoms with Crippen LogP contribution in [0.15, 0.2) is 36.5 Å². The van der Waals surface area contributed by atoms with Gasteiger partial charge >= 0.3 is 0 Å². The van der Waals surface area contributed by atoms with Gasteiger partial charge in [0.25, 0.3) is 0 Å². The normalized spacial score (nSPS) is 11.8. The zero-order valence-electron chi connectivity index (χ0n) is 8.63. The van der Waals surface area contributed by atoms with Crippen molar-refractivity contribution in [3.63, 3.8) is 0 Å². The molecule has 0 aliphatic rings. The van der Waals surface area contributed by atoms with E-state index in [2.05, 4.69) is 4.98 Å². The quantitative estimate of drug-likeness (QED) is 0.798. The van der Waals surface area contributed by atoms with E-state index in [4.69, 9.17) is 16.9 Å². The standard InChI is InChI=1S/C12H7ClN2OS/c13-11-5-4-10(17-11)12(16)8(7-14)9-3-1-2-6-15-9/h1-6,8H. The minimum atomic E-state index is -0.870. The van der Waals surface area contributed by atoms with Crippen molar-refractivity contribution in [3.05, 3.63) is 51.4 Å². The summed E-state index contributed by atoms with van der Waals surface area (Å²) in [6.45, 7) is 0. The molecule has 17 heavy (non-hydrogen) atoms. The molecule has 0 fully saturated rings. The van der Waals surface area contributed by atoms with Gasteiger partial charge in [0.15, 0.2) is 11.7 Å². The summed E-state index contributed by atoms with van der Waals surface area (Å²) in [5.74, 6) is -1.13. The number of nitriles is 1. The Morgan fingerprint density at radius 3 is 2.76 bits per heavy atom. The number of Topliss-reactive ketones (excluding diaryl/α,β-unsaturated/α-hetero) is 1. The second-order valence-corrected chi connectivity index (χ2v) is 5.00. The van der Waals surface area contributed by atoms with E-state index >= 15 is 0 Å². The summed E-state index contributed by atoms with van der Waals surface area (Å²) < 4.78 is 0.533. The number of thiophene rings is 1. The smallest absolute Gasteiger partial charge is 0.196 e. The second-order valence-electron chi connectivity index (χ2n) is 3.28. The zero-order chi connectivity index (χ0) is 12.3. The van der Waals surface area contributed by atoms with Crippen LogP contribution in [0.2, 0.25) is 4.34 Å². The number of ketones is 1. The molecule has 0 amide bonds. The Hall–Kier alpha value is -1.70. The molecule has 1 atom stereocenters. The van der Waals surface area contributed by atoms with Gasteiger partial charge in [-0.3, -0.25) is 9.78 Å². The summed E-state index contributed by atoms with van der Waals surface area (Å²) in [6, 6.07) is 10.4. The number of halogens is 1. The number of carbonyl (C=O) groups is 1. The summed E-state index contributed by atoms with van der Waals surface area (Å²) in [6.07, 6.45) is 1.56. The zero-order valence-corrected chi connectivity index (χ0v) is 10.2. The van der Waals surface area contributed by atoms with Crippen LogP contribution in [0.5, 0.6) is 0 Å². The topological polar surface area (TPSA) is 53.8 Å². The third-order valence-electron chi connectivity index (χ3n) is 2.19. The summed E-state index contributed by atoms with van der Waals surface area (Å²) >= 11 is 6.94. The van der Waals surface area contributed by atoms with Gasteiger partial charge in [-0.1, -0.05) is 17.7 Å². The van der Waals surface area contributed by atoms with E-state index in [9.17, 15) is 4.79 Å².